The second-order valence-electron chi connectivity index (χ2n) is 7.38. The van der Waals surface area contributed by atoms with Crippen LogP contribution in [0, 0.1) is 11.7 Å². The third-order valence-electron chi connectivity index (χ3n) is 5.30. The molecule has 3 aromatic rings. The van der Waals surface area contributed by atoms with E-state index in [1.54, 1.807) is 19.1 Å². The molecule has 0 atom stereocenters. The number of piperidine rings is 1. The third-order valence-corrected chi connectivity index (χ3v) is 5.30. The number of benzene rings is 1. The molecule has 0 radical (unpaired) electrons. The fourth-order valence-corrected chi connectivity index (χ4v) is 3.74. The van der Waals surface area contributed by atoms with Gasteiger partial charge in [-0.15, -0.1) is 0 Å². The zero-order valence-corrected chi connectivity index (χ0v) is 16.8. The minimum atomic E-state index is -0.556. The Morgan fingerprint density at radius 1 is 1.33 bits per heavy atom. The zero-order chi connectivity index (χ0) is 20.9. The molecule has 1 aliphatic heterocycles. The normalized spacial score (nSPS) is 15.4. The molecule has 0 aliphatic carbocycles. The third kappa shape index (κ3) is 4.56. The number of likely N-dealkylation sites (tertiary alicyclic amines) is 1. The van der Waals surface area contributed by atoms with E-state index in [0.29, 0.717) is 23.7 Å². The monoisotopic (exact) mass is 413 g/mol. The first kappa shape index (κ1) is 20.2. The van der Waals surface area contributed by atoms with E-state index in [1.165, 1.54) is 12.4 Å². The Kier molecular flexibility index (Phi) is 6.18. The average molecular weight is 413 g/mol. The number of esters is 1. The van der Waals surface area contributed by atoms with Gasteiger partial charge in [-0.05, 0) is 56.5 Å². The highest BCUT2D eigenvalue weighted by atomic mass is 19.1. The number of fused-ring (bicyclic) bond motifs is 1. The number of carbonyl (C=O) groups is 1. The Morgan fingerprint density at radius 3 is 2.93 bits per heavy atom. The summed E-state index contributed by atoms with van der Waals surface area (Å²) in [4.78, 5) is 22.8. The van der Waals surface area contributed by atoms with Gasteiger partial charge in [0.05, 0.1) is 6.61 Å². The van der Waals surface area contributed by atoms with E-state index < -0.39 is 5.97 Å². The summed E-state index contributed by atoms with van der Waals surface area (Å²) in [7, 11) is 0. The molecule has 158 valence electrons. The van der Waals surface area contributed by atoms with Gasteiger partial charge in [0, 0.05) is 13.1 Å². The van der Waals surface area contributed by atoms with Crippen molar-refractivity contribution >= 4 is 22.9 Å². The number of halogens is 1. The lowest BCUT2D eigenvalue weighted by atomic mass is 9.96. The van der Waals surface area contributed by atoms with E-state index in [-0.39, 0.29) is 23.8 Å². The highest BCUT2D eigenvalue weighted by molar-refractivity contribution is 6.04. The molecule has 4 rings (SSSR count). The van der Waals surface area contributed by atoms with Crippen LogP contribution in [0.4, 0.5) is 10.2 Å². The number of nitrogens with one attached hydrogen (secondary N) is 1. The Labute approximate surface area is 173 Å². The van der Waals surface area contributed by atoms with Gasteiger partial charge >= 0.3 is 5.97 Å². The van der Waals surface area contributed by atoms with Crippen LogP contribution in [-0.4, -0.2) is 52.2 Å². The number of aromatic nitrogens is 3. The van der Waals surface area contributed by atoms with Crippen LogP contribution in [0.3, 0.4) is 0 Å². The summed E-state index contributed by atoms with van der Waals surface area (Å²) in [6, 6.07) is 6.76. The summed E-state index contributed by atoms with van der Waals surface area (Å²) in [5.41, 5.74) is 1.33. The second kappa shape index (κ2) is 9.17. The first-order chi connectivity index (χ1) is 14.6. The summed E-state index contributed by atoms with van der Waals surface area (Å²) in [6.45, 7) is 5.35. The van der Waals surface area contributed by atoms with E-state index in [4.69, 9.17) is 9.26 Å². The van der Waals surface area contributed by atoms with E-state index in [9.17, 15) is 9.18 Å². The van der Waals surface area contributed by atoms with E-state index in [2.05, 4.69) is 25.3 Å². The molecule has 0 spiro atoms. The average Bonchev–Trinajstić information content (AvgIpc) is 3.18. The molecule has 8 nitrogen and oxygen atoms in total. The van der Waals surface area contributed by atoms with Crippen molar-refractivity contribution in [3.05, 3.63) is 47.7 Å². The molecule has 1 N–H and O–H groups in total. The van der Waals surface area contributed by atoms with Crippen molar-refractivity contribution in [1.29, 1.82) is 0 Å². The number of nitrogens with zero attached hydrogens (tertiary/aromatic N) is 4. The van der Waals surface area contributed by atoms with Gasteiger partial charge in [0.25, 0.3) is 5.71 Å². The second-order valence-corrected chi connectivity index (χ2v) is 7.38. The van der Waals surface area contributed by atoms with Gasteiger partial charge in [-0.3, -0.25) is 4.90 Å². The van der Waals surface area contributed by atoms with Gasteiger partial charge in [-0.2, -0.15) is 4.98 Å². The molecule has 1 saturated heterocycles. The first-order valence-electron chi connectivity index (χ1n) is 10.1. The lowest BCUT2D eigenvalue weighted by molar-refractivity contribution is 0.0517. The van der Waals surface area contributed by atoms with Crippen LogP contribution in [0.1, 0.15) is 35.8 Å². The standard InChI is InChI=1S/C21H24FN5O3/c1-2-29-21(28)18-17-19(24-13-25-20(17)30-26-18)23-11-14-6-8-27(9-7-14)12-15-4-3-5-16(22)10-15/h3-5,10,13-14H,2,6-9,11-12H2,1H3,(H,23,24,25). The minimum absolute atomic E-state index is 0.0832. The number of hydrogen-bond donors (Lipinski definition) is 1. The quantitative estimate of drug-likeness (QED) is 0.590. The molecule has 1 fully saturated rings. The van der Waals surface area contributed by atoms with Crippen molar-refractivity contribution in [3.8, 4) is 0 Å². The number of carbonyl (C=O) groups excluding carboxylic acids is 1. The predicted molar refractivity (Wildman–Crippen MR) is 108 cm³/mol. The van der Waals surface area contributed by atoms with Crippen LogP contribution >= 0.6 is 0 Å². The lowest BCUT2D eigenvalue weighted by Crippen LogP contribution is -2.35. The van der Waals surface area contributed by atoms with E-state index in [1.807, 2.05) is 6.07 Å². The largest absolute Gasteiger partial charge is 0.461 e. The summed E-state index contributed by atoms with van der Waals surface area (Å²) in [5.74, 6) is 0.231. The maximum absolute atomic E-state index is 13.4. The van der Waals surface area contributed by atoms with Crippen molar-refractivity contribution in [2.45, 2.75) is 26.3 Å². The summed E-state index contributed by atoms with van der Waals surface area (Å²) >= 11 is 0. The van der Waals surface area contributed by atoms with Crippen molar-refractivity contribution in [3.63, 3.8) is 0 Å². The predicted octanol–water partition coefficient (Wildman–Crippen LogP) is 3.26. The van der Waals surface area contributed by atoms with Crippen LogP contribution in [0.15, 0.2) is 35.1 Å². The van der Waals surface area contributed by atoms with Gasteiger partial charge in [0.2, 0.25) is 5.69 Å². The van der Waals surface area contributed by atoms with Gasteiger partial charge in [0.15, 0.2) is 0 Å². The molecule has 0 amide bonds. The molecular weight excluding hydrogens is 389 g/mol. The Morgan fingerprint density at radius 2 is 2.17 bits per heavy atom. The molecule has 2 aromatic heterocycles. The van der Waals surface area contributed by atoms with Crippen LogP contribution in [-0.2, 0) is 11.3 Å². The first-order valence-corrected chi connectivity index (χ1v) is 10.1. The molecule has 3 heterocycles. The van der Waals surface area contributed by atoms with E-state index in [0.717, 1.165) is 38.0 Å². The topological polar surface area (TPSA) is 93.4 Å². The molecule has 9 heteroatoms. The summed E-state index contributed by atoms with van der Waals surface area (Å²) in [6.07, 6.45) is 3.42. The van der Waals surface area contributed by atoms with Crippen LogP contribution in [0.5, 0.6) is 0 Å². The van der Waals surface area contributed by atoms with Crippen molar-refractivity contribution in [1.82, 2.24) is 20.0 Å². The maximum atomic E-state index is 13.4. The summed E-state index contributed by atoms with van der Waals surface area (Å²) < 4.78 is 23.6. The van der Waals surface area contributed by atoms with Gasteiger partial charge < -0.3 is 14.6 Å². The molecular formula is C21H24FN5O3. The highest BCUT2D eigenvalue weighted by Gasteiger charge is 2.24. The van der Waals surface area contributed by atoms with Gasteiger partial charge in [-0.1, -0.05) is 17.3 Å². The molecule has 0 saturated carbocycles. The molecule has 30 heavy (non-hydrogen) atoms. The molecule has 0 bridgehead atoms. The zero-order valence-electron chi connectivity index (χ0n) is 16.8. The number of hydrogen-bond acceptors (Lipinski definition) is 8. The Bertz CT molecular complexity index is 1020. The fraction of sp³-hybridized carbons (Fsp3) is 0.429. The minimum Gasteiger partial charge on any atom is -0.461 e. The number of anilines is 1. The molecule has 0 unspecified atom stereocenters. The Balaban J connectivity index is 1.35. The smallest absolute Gasteiger partial charge is 0.361 e. The molecule has 1 aromatic carbocycles. The lowest BCUT2D eigenvalue weighted by Gasteiger charge is -2.32. The van der Waals surface area contributed by atoms with Crippen molar-refractivity contribution in [2.75, 3.05) is 31.6 Å². The Hall–Kier alpha value is -3.07. The van der Waals surface area contributed by atoms with E-state index >= 15 is 0 Å². The highest BCUT2D eigenvalue weighted by Crippen LogP contribution is 2.25. The van der Waals surface area contributed by atoms with Crippen molar-refractivity contribution in [2.24, 2.45) is 5.92 Å². The number of rotatable bonds is 7. The van der Waals surface area contributed by atoms with Crippen LogP contribution < -0.4 is 5.32 Å². The van der Waals surface area contributed by atoms with Crippen molar-refractivity contribution < 1.29 is 18.4 Å². The van der Waals surface area contributed by atoms with Crippen LogP contribution in [0.2, 0.25) is 0 Å². The maximum Gasteiger partial charge on any atom is 0.361 e. The molecule has 1 aliphatic rings. The summed E-state index contributed by atoms with van der Waals surface area (Å²) in [5, 5.41) is 7.57. The van der Waals surface area contributed by atoms with Gasteiger partial charge in [-0.25, -0.2) is 14.2 Å². The van der Waals surface area contributed by atoms with Crippen LogP contribution in [0.25, 0.3) is 11.1 Å². The number of ether oxygens (including phenoxy) is 1. The van der Waals surface area contributed by atoms with Gasteiger partial charge in [0.1, 0.15) is 23.3 Å². The SMILES string of the molecule is CCOC(=O)c1noc2ncnc(NCC3CCN(Cc4cccc(F)c4)CC3)c12. The fourth-order valence-electron chi connectivity index (χ4n) is 3.74.